The Bertz CT molecular complexity index is 540. The van der Waals surface area contributed by atoms with Crippen LogP contribution < -0.4 is 0 Å². The predicted octanol–water partition coefficient (Wildman–Crippen LogP) is 2.93. The molecule has 1 aromatic carbocycles. The lowest BCUT2D eigenvalue weighted by molar-refractivity contribution is -0.139. The van der Waals surface area contributed by atoms with Crippen LogP contribution in [0.2, 0.25) is 0 Å². The number of hydrogen-bond donors (Lipinski definition) is 1. The number of aliphatic carboxylic acids is 1. The first kappa shape index (κ1) is 16.6. The summed E-state index contributed by atoms with van der Waals surface area (Å²) in [4.78, 5) is 24.7. The van der Waals surface area contributed by atoms with Crippen LogP contribution in [0.3, 0.4) is 0 Å². The van der Waals surface area contributed by atoms with Gasteiger partial charge in [-0.2, -0.15) is 0 Å². The smallest absolute Gasteiger partial charge is 0.410 e. The maximum absolute atomic E-state index is 12.0. The van der Waals surface area contributed by atoms with Crippen LogP contribution in [-0.2, 0) is 16.1 Å². The third kappa shape index (κ3) is 3.35. The lowest BCUT2D eigenvalue weighted by atomic mass is 9.91. The number of halogens is 1. The summed E-state index contributed by atoms with van der Waals surface area (Å²) in [5.41, 5.74) is 0.912. The van der Waals surface area contributed by atoms with Gasteiger partial charge in [-0.05, 0) is 30.2 Å². The number of carboxylic acids is 1. The molecule has 1 N–H and O–H groups in total. The summed E-state index contributed by atoms with van der Waals surface area (Å²) in [6, 6.07) is 9.57. The fourth-order valence-electron chi connectivity index (χ4n) is 3.19. The van der Waals surface area contributed by atoms with E-state index in [2.05, 4.69) is 0 Å². The third-order valence-electron chi connectivity index (χ3n) is 4.71. The van der Waals surface area contributed by atoms with E-state index < -0.39 is 5.97 Å². The van der Waals surface area contributed by atoms with Gasteiger partial charge in [0.15, 0.2) is 0 Å². The molecule has 22 heavy (non-hydrogen) atoms. The predicted molar refractivity (Wildman–Crippen MR) is 82.9 cm³/mol. The van der Waals surface area contributed by atoms with Crippen molar-refractivity contribution < 1.29 is 19.4 Å². The summed E-state index contributed by atoms with van der Waals surface area (Å²) in [6.07, 6.45) is 1.99. The minimum atomic E-state index is -0.699. The highest BCUT2D eigenvalue weighted by atomic mass is 35.5. The van der Waals surface area contributed by atoms with Crippen LogP contribution in [0.5, 0.6) is 0 Å². The number of ether oxygens (including phenoxy) is 1. The fourth-order valence-corrected chi connectivity index (χ4v) is 3.19. The number of rotatable bonds is 3. The molecule has 5 nitrogen and oxygen atoms in total. The molecular weight excluding hydrogens is 306 g/mol. The number of carbonyl (C=O) groups is 2. The van der Waals surface area contributed by atoms with E-state index in [4.69, 9.17) is 9.84 Å². The van der Waals surface area contributed by atoms with Crippen molar-refractivity contribution in [1.82, 2.24) is 4.90 Å². The first-order valence-corrected chi connectivity index (χ1v) is 7.29. The van der Waals surface area contributed by atoms with Crippen LogP contribution in [0.25, 0.3) is 0 Å². The monoisotopic (exact) mass is 325 g/mol. The Hall–Kier alpha value is -1.75. The largest absolute Gasteiger partial charge is 0.481 e. The molecule has 0 bridgehead atoms. The summed E-state index contributed by atoms with van der Waals surface area (Å²) < 4.78 is 5.30. The minimum Gasteiger partial charge on any atom is -0.481 e. The van der Waals surface area contributed by atoms with Crippen LogP contribution in [0.1, 0.15) is 24.8 Å². The second-order valence-corrected chi connectivity index (χ2v) is 5.98. The lowest BCUT2D eigenvalue weighted by Crippen LogP contribution is -2.40. The number of likely N-dealkylation sites (tertiary alicyclic amines) is 1. The summed E-state index contributed by atoms with van der Waals surface area (Å²) in [7, 11) is 0. The number of benzene rings is 1. The normalized spacial score (nSPS) is 21.8. The van der Waals surface area contributed by atoms with Gasteiger partial charge in [0.25, 0.3) is 0 Å². The van der Waals surface area contributed by atoms with Gasteiger partial charge in [0.2, 0.25) is 0 Å². The maximum Gasteiger partial charge on any atom is 0.410 e. The van der Waals surface area contributed by atoms with Crippen molar-refractivity contribution in [3.63, 3.8) is 0 Å². The van der Waals surface area contributed by atoms with Gasteiger partial charge < -0.3 is 14.7 Å². The lowest BCUT2D eigenvalue weighted by Gasteiger charge is -2.31. The molecule has 1 saturated carbocycles. The molecule has 1 aliphatic carbocycles. The summed E-state index contributed by atoms with van der Waals surface area (Å²) in [5, 5.41) is 9.05. The van der Waals surface area contributed by atoms with Crippen LogP contribution in [-0.4, -0.2) is 35.2 Å². The maximum atomic E-state index is 12.0. The van der Waals surface area contributed by atoms with Gasteiger partial charge in [-0.15, -0.1) is 12.4 Å². The average molecular weight is 326 g/mol. The van der Waals surface area contributed by atoms with Gasteiger partial charge >= 0.3 is 12.1 Å². The number of piperidine rings is 1. The highest BCUT2D eigenvalue weighted by Gasteiger charge is 2.59. The summed E-state index contributed by atoms with van der Waals surface area (Å²) >= 11 is 0. The highest BCUT2D eigenvalue weighted by Crippen LogP contribution is 2.59. The van der Waals surface area contributed by atoms with Crippen LogP contribution in [0.4, 0.5) is 4.79 Å². The van der Waals surface area contributed by atoms with Crippen LogP contribution in [0.15, 0.2) is 30.3 Å². The Labute approximate surface area is 135 Å². The molecule has 1 aromatic rings. The number of carbonyl (C=O) groups excluding carboxylic acids is 1. The fraction of sp³-hybridized carbons (Fsp3) is 0.500. The van der Waals surface area contributed by atoms with Gasteiger partial charge in [-0.1, -0.05) is 30.3 Å². The topological polar surface area (TPSA) is 66.8 Å². The van der Waals surface area contributed by atoms with E-state index in [9.17, 15) is 9.59 Å². The number of nitrogens with zero attached hydrogens (tertiary/aromatic N) is 1. The van der Waals surface area contributed by atoms with Crippen molar-refractivity contribution in [2.45, 2.75) is 25.9 Å². The Morgan fingerprint density at radius 1 is 1.23 bits per heavy atom. The Kier molecular flexibility index (Phi) is 4.96. The van der Waals surface area contributed by atoms with Gasteiger partial charge in [0.1, 0.15) is 6.61 Å². The number of carboxylic acid groups (broad SMARTS) is 1. The molecule has 0 radical (unpaired) electrons. The third-order valence-corrected chi connectivity index (χ3v) is 4.71. The van der Waals surface area contributed by atoms with E-state index in [1.807, 2.05) is 30.3 Å². The van der Waals surface area contributed by atoms with Crippen molar-refractivity contribution in [3.8, 4) is 0 Å². The molecule has 1 atom stereocenters. The molecule has 120 valence electrons. The Morgan fingerprint density at radius 3 is 2.41 bits per heavy atom. The molecule has 1 spiro atoms. The van der Waals surface area contributed by atoms with Crippen LogP contribution in [0, 0.1) is 11.3 Å². The van der Waals surface area contributed by atoms with Gasteiger partial charge in [0, 0.05) is 13.1 Å². The Balaban J connectivity index is 0.00000176. The van der Waals surface area contributed by atoms with Crippen molar-refractivity contribution >= 4 is 24.5 Å². The molecular formula is C16H20ClNO4. The van der Waals surface area contributed by atoms with Crippen molar-refractivity contribution in [3.05, 3.63) is 35.9 Å². The van der Waals surface area contributed by atoms with Crippen molar-refractivity contribution in [2.24, 2.45) is 11.3 Å². The molecule has 6 heteroatoms. The zero-order chi connectivity index (χ0) is 14.9. The van der Waals surface area contributed by atoms with Gasteiger partial charge in [0.05, 0.1) is 5.92 Å². The molecule has 1 amide bonds. The van der Waals surface area contributed by atoms with E-state index in [0.717, 1.165) is 24.8 Å². The summed E-state index contributed by atoms with van der Waals surface area (Å²) in [6.45, 7) is 1.47. The molecule has 1 aliphatic heterocycles. The van der Waals surface area contributed by atoms with E-state index in [0.29, 0.717) is 13.1 Å². The zero-order valence-electron chi connectivity index (χ0n) is 12.2. The first-order valence-electron chi connectivity index (χ1n) is 7.29. The molecule has 1 unspecified atom stereocenters. The number of amides is 1. The van der Waals surface area contributed by atoms with Gasteiger partial charge in [-0.25, -0.2) is 4.79 Å². The van der Waals surface area contributed by atoms with E-state index in [1.54, 1.807) is 4.90 Å². The first-order chi connectivity index (χ1) is 10.1. The van der Waals surface area contributed by atoms with Crippen molar-refractivity contribution in [2.75, 3.05) is 13.1 Å². The van der Waals surface area contributed by atoms with Crippen molar-refractivity contribution in [1.29, 1.82) is 0 Å². The second-order valence-electron chi connectivity index (χ2n) is 5.98. The molecule has 1 heterocycles. The summed E-state index contributed by atoms with van der Waals surface area (Å²) in [5.74, 6) is -0.907. The van der Waals surface area contributed by atoms with E-state index >= 15 is 0 Å². The number of hydrogen-bond acceptors (Lipinski definition) is 3. The molecule has 3 rings (SSSR count). The second kappa shape index (κ2) is 6.57. The minimum absolute atomic E-state index is 0. The molecule has 1 saturated heterocycles. The quantitative estimate of drug-likeness (QED) is 0.928. The standard InChI is InChI=1S/C16H19NO4.ClH/c18-14(19)13-10-16(13)6-8-17(9-7-16)15(20)21-11-12-4-2-1-3-5-12;/h1-5,13H,6-11H2,(H,18,19);1H. The van der Waals surface area contributed by atoms with E-state index in [-0.39, 0.29) is 36.4 Å². The van der Waals surface area contributed by atoms with Gasteiger partial charge in [-0.3, -0.25) is 4.79 Å². The average Bonchev–Trinajstić information content (AvgIpc) is 3.21. The Morgan fingerprint density at radius 2 is 1.86 bits per heavy atom. The van der Waals surface area contributed by atoms with Crippen LogP contribution >= 0.6 is 12.4 Å². The highest BCUT2D eigenvalue weighted by molar-refractivity contribution is 5.85. The molecule has 2 aliphatic rings. The molecule has 2 fully saturated rings. The zero-order valence-corrected chi connectivity index (χ0v) is 13.1. The van der Waals surface area contributed by atoms with E-state index in [1.165, 1.54) is 0 Å². The SMILES string of the molecule is Cl.O=C(O)C1CC12CCN(C(=O)OCc1ccccc1)CC2. The molecule has 0 aromatic heterocycles.